The first-order valence-corrected chi connectivity index (χ1v) is 10.1. The maximum absolute atomic E-state index is 12.4. The quantitative estimate of drug-likeness (QED) is 0.791. The standard InChI is InChI=1S/C17H22N4O2S2/c1-11-9-24-15(18-11)20-13(22)7-17(5-3-4-6-17)8-14(23)21-16-19-12(2)10-25-16/h9-10H,3-8H2,1-2H3,(H,18,20,22)(H,19,21,23). The van der Waals surface area contributed by atoms with Gasteiger partial charge in [-0.3, -0.25) is 9.59 Å². The van der Waals surface area contributed by atoms with Crippen LogP contribution in [0.25, 0.3) is 0 Å². The molecule has 2 heterocycles. The van der Waals surface area contributed by atoms with Crippen LogP contribution in [-0.2, 0) is 9.59 Å². The highest BCUT2D eigenvalue weighted by atomic mass is 32.1. The van der Waals surface area contributed by atoms with E-state index in [1.165, 1.54) is 22.7 Å². The van der Waals surface area contributed by atoms with Gasteiger partial charge in [-0.15, -0.1) is 22.7 Å². The van der Waals surface area contributed by atoms with Gasteiger partial charge in [-0.1, -0.05) is 12.8 Å². The molecule has 2 aromatic rings. The molecule has 0 unspecified atom stereocenters. The first-order chi connectivity index (χ1) is 11.9. The van der Waals surface area contributed by atoms with E-state index in [2.05, 4.69) is 20.6 Å². The number of thiazole rings is 2. The average molecular weight is 379 g/mol. The third-order valence-electron chi connectivity index (χ3n) is 4.47. The van der Waals surface area contributed by atoms with Crippen LogP contribution in [0.3, 0.4) is 0 Å². The van der Waals surface area contributed by atoms with E-state index < -0.39 is 0 Å². The molecule has 1 saturated carbocycles. The maximum atomic E-state index is 12.4. The molecule has 2 aromatic heterocycles. The molecule has 3 rings (SSSR count). The molecule has 0 bridgehead atoms. The second-order valence-electron chi connectivity index (χ2n) is 6.75. The van der Waals surface area contributed by atoms with Crippen molar-refractivity contribution < 1.29 is 9.59 Å². The van der Waals surface area contributed by atoms with Gasteiger partial charge in [0.25, 0.3) is 0 Å². The molecule has 0 radical (unpaired) electrons. The van der Waals surface area contributed by atoms with E-state index in [4.69, 9.17) is 0 Å². The largest absolute Gasteiger partial charge is 0.302 e. The van der Waals surface area contributed by atoms with Gasteiger partial charge in [0.05, 0.1) is 11.4 Å². The molecule has 2 N–H and O–H groups in total. The fraction of sp³-hybridized carbons (Fsp3) is 0.529. The van der Waals surface area contributed by atoms with Crippen molar-refractivity contribution >= 4 is 44.8 Å². The molecule has 1 aliphatic rings. The normalized spacial score (nSPS) is 15.9. The first-order valence-electron chi connectivity index (χ1n) is 8.38. The number of rotatable bonds is 6. The van der Waals surface area contributed by atoms with Crippen LogP contribution in [0.15, 0.2) is 10.8 Å². The summed E-state index contributed by atoms with van der Waals surface area (Å²) in [5, 5.41) is 10.8. The molecule has 1 aliphatic carbocycles. The predicted molar refractivity (Wildman–Crippen MR) is 101 cm³/mol. The molecule has 0 spiro atoms. The molecule has 0 saturated heterocycles. The number of carbonyl (C=O) groups excluding carboxylic acids is 2. The van der Waals surface area contributed by atoms with Crippen molar-refractivity contribution in [1.82, 2.24) is 9.97 Å². The zero-order valence-corrected chi connectivity index (χ0v) is 16.1. The SMILES string of the molecule is Cc1csc(NC(=O)CC2(CC(=O)Nc3nc(C)cs3)CCCC2)n1. The van der Waals surface area contributed by atoms with Crippen molar-refractivity contribution in [2.24, 2.45) is 5.41 Å². The Morgan fingerprint density at radius 1 is 0.960 bits per heavy atom. The summed E-state index contributed by atoms with van der Waals surface area (Å²) in [6.07, 6.45) is 4.65. The van der Waals surface area contributed by atoms with Gasteiger partial charge < -0.3 is 10.6 Å². The summed E-state index contributed by atoms with van der Waals surface area (Å²) in [4.78, 5) is 33.4. The Balaban J connectivity index is 1.60. The van der Waals surface area contributed by atoms with Crippen LogP contribution in [0.5, 0.6) is 0 Å². The highest BCUT2D eigenvalue weighted by Gasteiger charge is 2.38. The second kappa shape index (κ2) is 7.61. The number of aromatic nitrogens is 2. The summed E-state index contributed by atoms with van der Waals surface area (Å²) < 4.78 is 0. The third-order valence-corrected chi connectivity index (χ3v) is 6.22. The monoisotopic (exact) mass is 378 g/mol. The number of aryl methyl sites for hydroxylation is 2. The van der Waals surface area contributed by atoms with Crippen molar-refractivity contribution in [3.05, 3.63) is 22.1 Å². The highest BCUT2D eigenvalue weighted by molar-refractivity contribution is 7.14. The van der Waals surface area contributed by atoms with Crippen molar-refractivity contribution in [2.75, 3.05) is 10.6 Å². The Kier molecular flexibility index (Phi) is 5.48. The third kappa shape index (κ3) is 4.85. The zero-order chi connectivity index (χ0) is 17.9. The average Bonchev–Trinajstić information content (AvgIpc) is 3.23. The van der Waals surface area contributed by atoms with E-state index in [9.17, 15) is 9.59 Å². The van der Waals surface area contributed by atoms with Crippen LogP contribution in [0.4, 0.5) is 10.3 Å². The van der Waals surface area contributed by atoms with Gasteiger partial charge >= 0.3 is 0 Å². The van der Waals surface area contributed by atoms with Crippen LogP contribution in [-0.4, -0.2) is 21.8 Å². The van der Waals surface area contributed by atoms with Crippen molar-refractivity contribution in [3.63, 3.8) is 0 Å². The molecule has 8 heteroatoms. The number of hydrogen-bond donors (Lipinski definition) is 2. The second-order valence-corrected chi connectivity index (χ2v) is 8.46. The highest BCUT2D eigenvalue weighted by Crippen LogP contribution is 2.44. The van der Waals surface area contributed by atoms with E-state index in [-0.39, 0.29) is 17.2 Å². The van der Waals surface area contributed by atoms with E-state index in [1.807, 2.05) is 24.6 Å². The summed E-state index contributed by atoms with van der Waals surface area (Å²) in [5.41, 5.74) is 1.54. The first kappa shape index (κ1) is 18.0. The van der Waals surface area contributed by atoms with E-state index in [1.54, 1.807) is 0 Å². The molecular formula is C17H22N4O2S2. The fourth-order valence-corrected chi connectivity index (χ4v) is 4.78. The molecule has 2 amide bonds. The summed E-state index contributed by atoms with van der Waals surface area (Å²) in [7, 11) is 0. The summed E-state index contributed by atoms with van der Waals surface area (Å²) in [6, 6.07) is 0. The maximum Gasteiger partial charge on any atom is 0.226 e. The number of nitrogens with one attached hydrogen (secondary N) is 2. The Morgan fingerprint density at radius 3 is 1.76 bits per heavy atom. The number of nitrogens with zero attached hydrogens (tertiary/aromatic N) is 2. The van der Waals surface area contributed by atoms with Crippen molar-refractivity contribution in [3.8, 4) is 0 Å². The molecule has 0 atom stereocenters. The van der Waals surface area contributed by atoms with Gasteiger partial charge in [0, 0.05) is 23.6 Å². The lowest BCUT2D eigenvalue weighted by Gasteiger charge is -2.27. The number of amides is 2. The molecule has 134 valence electrons. The Labute approximate surface area is 155 Å². The molecule has 25 heavy (non-hydrogen) atoms. The lowest BCUT2D eigenvalue weighted by atomic mass is 9.79. The lowest BCUT2D eigenvalue weighted by molar-refractivity contribution is -0.121. The van der Waals surface area contributed by atoms with Crippen LogP contribution in [0, 0.1) is 19.3 Å². The molecule has 0 aliphatic heterocycles. The van der Waals surface area contributed by atoms with E-state index >= 15 is 0 Å². The number of hydrogen-bond acceptors (Lipinski definition) is 6. The Bertz CT molecular complexity index is 704. The molecular weight excluding hydrogens is 356 g/mol. The lowest BCUT2D eigenvalue weighted by Crippen LogP contribution is -2.30. The number of anilines is 2. The Hall–Kier alpha value is -1.80. The number of carbonyl (C=O) groups is 2. The van der Waals surface area contributed by atoms with Crippen molar-refractivity contribution in [1.29, 1.82) is 0 Å². The molecule has 6 nitrogen and oxygen atoms in total. The summed E-state index contributed by atoms with van der Waals surface area (Å²) in [5.74, 6) is -0.122. The van der Waals surface area contributed by atoms with Gasteiger partial charge in [-0.2, -0.15) is 0 Å². The van der Waals surface area contributed by atoms with Gasteiger partial charge in [0.15, 0.2) is 10.3 Å². The minimum atomic E-state index is -0.257. The van der Waals surface area contributed by atoms with Gasteiger partial charge in [-0.25, -0.2) is 9.97 Å². The molecule has 0 aromatic carbocycles. The minimum Gasteiger partial charge on any atom is -0.302 e. The topological polar surface area (TPSA) is 84.0 Å². The van der Waals surface area contributed by atoms with E-state index in [0.717, 1.165) is 37.1 Å². The summed E-state index contributed by atoms with van der Waals surface area (Å²) >= 11 is 2.85. The zero-order valence-electron chi connectivity index (χ0n) is 14.4. The van der Waals surface area contributed by atoms with Crippen LogP contribution >= 0.6 is 22.7 Å². The Morgan fingerprint density at radius 2 is 1.40 bits per heavy atom. The van der Waals surface area contributed by atoms with Crippen LogP contribution in [0.2, 0.25) is 0 Å². The molecule has 1 fully saturated rings. The summed E-state index contributed by atoms with van der Waals surface area (Å²) in [6.45, 7) is 3.80. The fourth-order valence-electron chi connectivity index (χ4n) is 3.37. The van der Waals surface area contributed by atoms with Crippen LogP contribution < -0.4 is 10.6 Å². The van der Waals surface area contributed by atoms with Gasteiger partial charge in [0.1, 0.15) is 0 Å². The van der Waals surface area contributed by atoms with Crippen molar-refractivity contribution in [2.45, 2.75) is 52.4 Å². The predicted octanol–water partition coefficient (Wildman–Crippen LogP) is 4.13. The van der Waals surface area contributed by atoms with E-state index in [0.29, 0.717) is 23.1 Å². The van der Waals surface area contributed by atoms with Gasteiger partial charge in [-0.05, 0) is 32.1 Å². The van der Waals surface area contributed by atoms with Gasteiger partial charge in [0.2, 0.25) is 11.8 Å². The van der Waals surface area contributed by atoms with Crippen LogP contribution in [0.1, 0.15) is 49.9 Å². The minimum absolute atomic E-state index is 0.0610. The smallest absolute Gasteiger partial charge is 0.226 e.